The van der Waals surface area contributed by atoms with Gasteiger partial charge in [0.15, 0.2) is 0 Å². The summed E-state index contributed by atoms with van der Waals surface area (Å²) in [5.74, 6) is -2.47. The molecule has 7 heteroatoms. The van der Waals surface area contributed by atoms with E-state index in [-0.39, 0.29) is 0 Å². The minimum Gasteiger partial charge on any atom is -0.462 e. The van der Waals surface area contributed by atoms with Crippen LogP contribution in [0.25, 0.3) is 0 Å². The molecule has 0 aliphatic heterocycles. The fourth-order valence-corrected chi connectivity index (χ4v) is 3.63. The first-order valence-corrected chi connectivity index (χ1v) is 7.20. The summed E-state index contributed by atoms with van der Waals surface area (Å²) in [5, 5.41) is 2.77. The fourth-order valence-electron chi connectivity index (χ4n) is 2.34. The van der Waals surface area contributed by atoms with E-state index in [2.05, 4.69) is 10.1 Å². The van der Waals surface area contributed by atoms with E-state index in [0.717, 1.165) is 49.7 Å². The molecule has 0 saturated carbocycles. The number of fused-ring (bicyclic) bond motifs is 1. The van der Waals surface area contributed by atoms with E-state index in [1.54, 1.807) is 0 Å². The summed E-state index contributed by atoms with van der Waals surface area (Å²) in [6.45, 7) is 0. The molecule has 0 aromatic carbocycles. The summed E-state index contributed by atoms with van der Waals surface area (Å²) in [7, 11) is 1.13. The maximum Gasteiger partial charge on any atom is 0.396 e. The lowest BCUT2D eigenvalue weighted by Crippen LogP contribution is -2.25. The second-order valence-corrected chi connectivity index (χ2v) is 5.68. The molecule has 3 N–H and O–H groups in total. The van der Waals surface area contributed by atoms with Crippen LogP contribution >= 0.6 is 11.3 Å². The molecule has 0 unspecified atom stereocenters. The van der Waals surface area contributed by atoms with Crippen molar-refractivity contribution in [2.75, 3.05) is 12.4 Å². The molecule has 0 saturated heterocycles. The van der Waals surface area contributed by atoms with E-state index in [1.165, 1.54) is 11.3 Å². The number of nitrogens with two attached hydrogens (primary N) is 1. The quantitative estimate of drug-likeness (QED) is 0.487. The second-order valence-electron chi connectivity index (χ2n) is 4.58. The highest BCUT2D eigenvalue weighted by atomic mass is 32.1. The average Bonchev–Trinajstić information content (AvgIpc) is 2.59. The van der Waals surface area contributed by atoms with Crippen molar-refractivity contribution < 1.29 is 19.1 Å². The Bertz CT molecular complexity index is 565. The molecule has 1 aromatic rings. The second kappa shape index (κ2) is 6.04. The maximum absolute atomic E-state index is 11.6. The van der Waals surface area contributed by atoms with Crippen molar-refractivity contribution >= 4 is 34.1 Å². The molecule has 2 amide bonds. The van der Waals surface area contributed by atoms with Crippen LogP contribution in [0, 0.1) is 0 Å². The number of aryl methyl sites for hydroxylation is 1. The number of primary amides is 1. The van der Waals surface area contributed by atoms with E-state index >= 15 is 0 Å². The minimum atomic E-state index is -0.996. The summed E-state index contributed by atoms with van der Waals surface area (Å²) in [6.07, 6.45) is 4.81. The van der Waals surface area contributed by atoms with Gasteiger partial charge in [0, 0.05) is 4.88 Å². The van der Waals surface area contributed by atoms with Crippen molar-refractivity contribution in [3.63, 3.8) is 0 Å². The van der Waals surface area contributed by atoms with Crippen LogP contribution in [0.1, 0.15) is 40.1 Å². The number of amides is 2. The fraction of sp³-hybridized carbons (Fsp3) is 0.462. The largest absolute Gasteiger partial charge is 0.462 e. The highest BCUT2D eigenvalue weighted by Gasteiger charge is 2.25. The third kappa shape index (κ3) is 2.82. The van der Waals surface area contributed by atoms with E-state index in [9.17, 15) is 14.4 Å². The van der Waals surface area contributed by atoms with Crippen molar-refractivity contribution in [1.29, 1.82) is 0 Å². The summed E-state index contributed by atoms with van der Waals surface area (Å²) in [4.78, 5) is 35.4. The molecule has 0 fully saturated rings. The van der Waals surface area contributed by atoms with Gasteiger partial charge in [-0.3, -0.25) is 9.59 Å². The molecule has 1 aromatic heterocycles. The molecular formula is C13H16N2O4S. The number of methoxy groups -OCH3 is 1. The number of carbonyl (C=O) groups is 3. The van der Waals surface area contributed by atoms with Gasteiger partial charge < -0.3 is 15.8 Å². The number of hydrogen-bond donors (Lipinski definition) is 2. The zero-order valence-electron chi connectivity index (χ0n) is 11.2. The molecular weight excluding hydrogens is 280 g/mol. The van der Waals surface area contributed by atoms with Crippen molar-refractivity contribution in [3.05, 3.63) is 16.0 Å². The Balaban J connectivity index is 2.35. The zero-order chi connectivity index (χ0) is 14.7. The molecule has 6 nitrogen and oxygen atoms in total. The van der Waals surface area contributed by atoms with Crippen molar-refractivity contribution in [2.24, 2.45) is 5.73 Å². The first kappa shape index (κ1) is 14.5. The van der Waals surface area contributed by atoms with Gasteiger partial charge in [0.2, 0.25) is 0 Å². The Labute approximate surface area is 120 Å². The first-order valence-electron chi connectivity index (χ1n) is 6.38. The molecule has 0 radical (unpaired) electrons. The topological polar surface area (TPSA) is 98.5 Å². The van der Waals surface area contributed by atoms with Crippen LogP contribution in [0.4, 0.5) is 5.00 Å². The number of nitrogens with one attached hydrogen (secondary N) is 1. The Morgan fingerprint density at radius 1 is 1.20 bits per heavy atom. The SMILES string of the molecule is COC(=O)C(=O)Nc1sc2c(c1C(N)=O)CCCCC2. The number of ether oxygens (including phenoxy) is 1. The first-order chi connectivity index (χ1) is 9.54. The maximum atomic E-state index is 11.6. The Morgan fingerprint density at radius 2 is 1.90 bits per heavy atom. The standard InChI is InChI=1S/C13H16N2O4S/c1-19-13(18)11(17)15-12-9(10(14)16)7-5-3-2-4-6-8(7)20-12/h2-6H2,1H3,(H2,14,16)(H,15,17). The van der Waals surface area contributed by atoms with Crippen LogP contribution in [-0.4, -0.2) is 24.9 Å². The predicted molar refractivity (Wildman–Crippen MR) is 74.7 cm³/mol. The van der Waals surface area contributed by atoms with Gasteiger partial charge in [-0.25, -0.2) is 4.79 Å². The molecule has 0 spiro atoms. The van der Waals surface area contributed by atoms with Crippen LogP contribution in [0.15, 0.2) is 0 Å². The molecule has 0 atom stereocenters. The van der Waals surface area contributed by atoms with Crippen molar-refractivity contribution in [2.45, 2.75) is 32.1 Å². The van der Waals surface area contributed by atoms with Crippen LogP contribution < -0.4 is 11.1 Å². The summed E-state index contributed by atoms with van der Waals surface area (Å²) < 4.78 is 4.34. The van der Waals surface area contributed by atoms with Gasteiger partial charge in [0.25, 0.3) is 5.91 Å². The van der Waals surface area contributed by atoms with E-state index < -0.39 is 17.8 Å². The lowest BCUT2D eigenvalue weighted by Gasteiger charge is -2.04. The number of esters is 1. The molecule has 2 rings (SSSR count). The summed E-state index contributed by atoms with van der Waals surface area (Å²) in [6, 6.07) is 0. The van der Waals surface area contributed by atoms with Gasteiger partial charge in [-0.05, 0) is 31.2 Å². The Hall–Kier alpha value is -1.89. The highest BCUT2D eigenvalue weighted by Crippen LogP contribution is 2.37. The number of hydrogen-bond acceptors (Lipinski definition) is 5. The van der Waals surface area contributed by atoms with Gasteiger partial charge in [-0.2, -0.15) is 0 Å². The summed E-state index contributed by atoms with van der Waals surface area (Å²) in [5.41, 5.74) is 6.67. The number of anilines is 1. The van der Waals surface area contributed by atoms with Crippen molar-refractivity contribution in [1.82, 2.24) is 0 Å². The lowest BCUT2D eigenvalue weighted by molar-refractivity contribution is -0.150. The molecule has 1 heterocycles. The minimum absolute atomic E-state index is 0.337. The lowest BCUT2D eigenvalue weighted by atomic mass is 10.1. The Morgan fingerprint density at radius 3 is 2.55 bits per heavy atom. The summed E-state index contributed by atoms with van der Waals surface area (Å²) >= 11 is 1.32. The van der Waals surface area contributed by atoms with Gasteiger partial charge in [-0.1, -0.05) is 6.42 Å². The van der Waals surface area contributed by atoms with Crippen LogP contribution in [0.2, 0.25) is 0 Å². The zero-order valence-corrected chi connectivity index (χ0v) is 12.0. The molecule has 108 valence electrons. The monoisotopic (exact) mass is 296 g/mol. The smallest absolute Gasteiger partial charge is 0.396 e. The number of rotatable bonds is 2. The average molecular weight is 296 g/mol. The number of carbonyl (C=O) groups excluding carboxylic acids is 3. The molecule has 0 bridgehead atoms. The highest BCUT2D eigenvalue weighted by molar-refractivity contribution is 7.17. The number of thiophene rings is 1. The van der Waals surface area contributed by atoms with Gasteiger partial charge in [-0.15, -0.1) is 11.3 Å². The predicted octanol–water partition coefficient (Wildman–Crippen LogP) is 1.23. The van der Waals surface area contributed by atoms with Crippen LogP contribution in [-0.2, 0) is 27.2 Å². The van der Waals surface area contributed by atoms with Crippen LogP contribution in [0.5, 0.6) is 0 Å². The molecule has 1 aliphatic carbocycles. The molecule has 20 heavy (non-hydrogen) atoms. The third-order valence-corrected chi connectivity index (χ3v) is 4.47. The van der Waals surface area contributed by atoms with E-state index in [1.807, 2.05) is 0 Å². The van der Waals surface area contributed by atoms with Crippen molar-refractivity contribution in [3.8, 4) is 0 Å². The van der Waals surface area contributed by atoms with Gasteiger partial charge >= 0.3 is 11.9 Å². The normalized spacial score (nSPS) is 14.1. The van der Waals surface area contributed by atoms with Gasteiger partial charge in [0.1, 0.15) is 5.00 Å². The third-order valence-electron chi connectivity index (χ3n) is 3.27. The molecule has 1 aliphatic rings. The van der Waals surface area contributed by atoms with Crippen LogP contribution in [0.3, 0.4) is 0 Å². The van der Waals surface area contributed by atoms with E-state index in [0.29, 0.717) is 10.6 Å². The van der Waals surface area contributed by atoms with E-state index in [4.69, 9.17) is 5.73 Å². The van der Waals surface area contributed by atoms with Gasteiger partial charge in [0.05, 0.1) is 12.7 Å². The Kier molecular flexibility index (Phi) is 4.39.